The molecule has 2 rings (SSSR count). The second-order valence-electron chi connectivity index (χ2n) is 6.84. The van der Waals surface area contributed by atoms with Crippen LogP contribution in [-0.4, -0.2) is 19.6 Å². The molecule has 0 spiro atoms. The summed E-state index contributed by atoms with van der Waals surface area (Å²) >= 11 is 0. The van der Waals surface area contributed by atoms with E-state index < -0.39 is 0 Å². The van der Waals surface area contributed by atoms with E-state index in [1.807, 2.05) is 0 Å². The van der Waals surface area contributed by atoms with Gasteiger partial charge < -0.3 is 11.1 Å². The highest BCUT2D eigenvalue weighted by molar-refractivity contribution is 4.95. The summed E-state index contributed by atoms with van der Waals surface area (Å²) in [5.41, 5.74) is 7.12. The average molecular weight is 238 g/mol. The van der Waals surface area contributed by atoms with Crippen LogP contribution in [0.5, 0.6) is 0 Å². The molecule has 2 fully saturated rings. The number of nitrogens with two attached hydrogens (primary N) is 1. The molecule has 3 N–H and O–H groups in total. The zero-order valence-electron chi connectivity index (χ0n) is 11.7. The molecule has 2 aliphatic rings. The number of nitrogens with one attached hydrogen (secondary N) is 1. The van der Waals surface area contributed by atoms with Crippen LogP contribution in [-0.2, 0) is 0 Å². The van der Waals surface area contributed by atoms with Crippen LogP contribution in [0.25, 0.3) is 0 Å². The third kappa shape index (κ3) is 3.23. The fraction of sp³-hybridized carbons (Fsp3) is 1.00. The van der Waals surface area contributed by atoms with E-state index in [1.165, 1.54) is 51.5 Å². The largest absolute Gasteiger partial charge is 0.330 e. The topological polar surface area (TPSA) is 38.0 Å². The van der Waals surface area contributed by atoms with Crippen LogP contribution in [0.3, 0.4) is 0 Å². The maximum atomic E-state index is 6.04. The zero-order valence-corrected chi connectivity index (χ0v) is 11.7. The SMILES string of the molecule is CCC1(CNCC2(CN)CCC(C)CC2)CC1. The summed E-state index contributed by atoms with van der Waals surface area (Å²) in [5, 5.41) is 3.74. The van der Waals surface area contributed by atoms with Gasteiger partial charge in [-0.2, -0.15) is 0 Å². The quantitative estimate of drug-likeness (QED) is 0.746. The summed E-state index contributed by atoms with van der Waals surface area (Å²) < 4.78 is 0. The summed E-state index contributed by atoms with van der Waals surface area (Å²) in [6.07, 6.45) is 9.61. The van der Waals surface area contributed by atoms with Crippen molar-refractivity contribution >= 4 is 0 Å². The Hall–Kier alpha value is -0.0800. The van der Waals surface area contributed by atoms with E-state index in [9.17, 15) is 0 Å². The lowest BCUT2D eigenvalue weighted by molar-refractivity contribution is 0.156. The molecule has 0 heterocycles. The molecule has 0 saturated heterocycles. The molecule has 2 aliphatic carbocycles. The van der Waals surface area contributed by atoms with Gasteiger partial charge in [0.1, 0.15) is 0 Å². The molecule has 0 bridgehead atoms. The van der Waals surface area contributed by atoms with E-state index in [4.69, 9.17) is 5.73 Å². The molecule has 0 aromatic carbocycles. The van der Waals surface area contributed by atoms with Crippen molar-refractivity contribution in [1.29, 1.82) is 0 Å². The third-order valence-electron chi connectivity index (χ3n) is 5.48. The molecule has 0 unspecified atom stereocenters. The fourth-order valence-electron chi connectivity index (χ4n) is 3.25. The Morgan fingerprint density at radius 1 is 1.06 bits per heavy atom. The lowest BCUT2D eigenvalue weighted by atomic mass is 9.71. The van der Waals surface area contributed by atoms with Gasteiger partial charge in [0.05, 0.1) is 0 Å². The predicted molar refractivity (Wildman–Crippen MR) is 73.9 cm³/mol. The van der Waals surface area contributed by atoms with Gasteiger partial charge in [-0.1, -0.05) is 26.7 Å². The van der Waals surface area contributed by atoms with E-state index >= 15 is 0 Å². The Morgan fingerprint density at radius 2 is 1.65 bits per heavy atom. The summed E-state index contributed by atoms with van der Waals surface area (Å²) in [5.74, 6) is 0.917. The first-order chi connectivity index (χ1) is 8.14. The van der Waals surface area contributed by atoms with Crippen molar-refractivity contribution in [2.75, 3.05) is 19.6 Å². The Bertz CT molecular complexity index is 237. The van der Waals surface area contributed by atoms with Crippen LogP contribution < -0.4 is 11.1 Å². The minimum atomic E-state index is 0.413. The van der Waals surface area contributed by atoms with Gasteiger partial charge >= 0.3 is 0 Å². The molecular formula is C15H30N2. The fourth-order valence-corrected chi connectivity index (χ4v) is 3.25. The highest BCUT2D eigenvalue weighted by Gasteiger charge is 2.41. The van der Waals surface area contributed by atoms with Crippen molar-refractivity contribution in [1.82, 2.24) is 5.32 Å². The first-order valence-corrected chi connectivity index (χ1v) is 7.54. The average Bonchev–Trinajstić information content (AvgIpc) is 3.13. The van der Waals surface area contributed by atoms with E-state index in [0.29, 0.717) is 10.8 Å². The monoisotopic (exact) mass is 238 g/mol. The molecule has 0 atom stereocenters. The summed E-state index contributed by atoms with van der Waals surface area (Å²) in [6.45, 7) is 7.95. The van der Waals surface area contributed by atoms with Crippen LogP contribution in [0, 0.1) is 16.7 Å². The molecular weight excluding hydrogens is 208 g/mol. The smallest absolute Gasteiger partial charge is 0.00201 e. The Kier molecular flexibility index (Phi) is 4.14. The summed E-state index contributed by atoms with van der Waals surface area (Å²) in [6, 6.07) is 0. The Morgan fingerprint density at radius 3 is 2.12 bits per heavy atom. The van der Waals surface area contributed by atoms with Crippen molar-refractivity contribution in [2.24, 2.45) is 22.5 Å². The summed E-state index contributed by atoms with van der Waals surface area (Å²) in [4.78, 5) is 0. The minimum Gasteiger partial charge on any atom is -0.330 e. The van der Waals surface area contributed by atoms with E-state index in [2.05, 4.69) is 19.2 Å². The lowest BCUT2D eigenvalue weighted by Gasteiger charge is -2.39. The highest BCUT2D eigenvalue weighted by atomic mass is 14.9. The molecule has 2 saturated carbocycles. The normalized spacial score (nSPS) is 35.8. The first kappa shape index (κ1) is 13.4. The maximum absolute atomic E-state index is 6.04. The van der Waals surface area contributed by atoms with Crippen molar-refractivity contribution in [2.45, 2.75) is 58.8 Å². The Labute approximate surface area is 107 Å². The van der Waals surface area contributed by atoms with Crippen LogP contribution in [0.15, 0.2) is 0 Å². The van der Waals surface area contributed by atoms with Gasteiger partial charge in [-0.3, -0.25) is 0 Å². The van der Waals surface area contributed by atoms with Gasteiger partial charge in [0.15, 0.2) is 0 Å². The predicted octanol–water partition coefficient (Wildman–Crippen LogP) is 2.92. The second kappa shape index (κ2) is 5.27. The minimum absolute atomic E-state index is 0.413. The zero-order chi connectivity index (χ0) is 12.4. The molecule has 0 radical (unpaired) electrons. The Balaban J connectivity index is 1.75. The van der Waals surface area contributed by atoms with E-state index in [1.54, 1.807) is 0 Å². The molecule has 17 heavy (non-hydrogen) atoms. The number of hydrogen-bond acceptors (Lipinski definition) is 2. The number of hydrogen-bond donors (Lipinski definition) is 2. The number of rotatable bonds is 6. The van der Waals surface area contributed by atoms with Gasteiger partial charge in [-0.15, -0.1) is 0 Å². The van der Waals surface area contributed by atoms with Gasteiger partial charge in [0.25, 0.3) is 0 Å². The van der Waals surface area contributed by atoms with Gasteiger partial charge in [0.2, 0.25) is 0 Å². The van der Waals surface area contributed by atoms with Crippen molar-refractivity contribution in [3.8, 4) is 0 Å². The third-order valence-corrected chi connectivity index (χ3v) is 5.48. The molecule has 100 valence electrons. The van der Waals surface area contributed by atoms with Crippen LogP contribution in [0.1, 0.15) is 58.8 Å². The van der Waals surface area contributed by atoms with Crippen LogP contribution in [0.2, 0.25) is 0 Å². The van der Waals surface area contributed by atoms with Crippen molar-refractivity contribution in [3.63, 3.8) is 0 Å². The van der Waals surface area contributed by atoms with Gasteiger partial charge in [-0.05, 0) is 55.4 Å². The van der Waals surface area contributed by atoms with Crippen LogP contribution >= 0.6 is 0 Å². The van der Waals surface area contributed by atoms with Gasteiger partial charge in [0, 0.05) is 13.1 Å². The van der Waals surface area contributed by atoms with Gasteiger partial charge in [-0.25, -0.2) is 0 Å². The molecule has 0 amide bonds. The van der Waals surface area contributed by atoms with Crippen LogP contribution in [0.4, 0.5) is 0 Å². The molecule has 0 aromatic heterocycles. The lowest BCUT2D eigenvalue weighted by Crippen LogP contribution is -2.44. The molecule has 0 aromatic rings. The van der Waals surface area contributed by atoms with Crippen molar-refractivity contribution in [3.05, 3.63) is 0 Å². The maximum Gasteiger partial charge on any atom is 0.00201 e. The van der Waals surface area contributed by atoms with Crippen molar-refractivity contribution < 1.29 is 0 Å². The molecule has 0 aliphatic heterocycles. The van der Waals surface area contributed by atoms with E-state index in [-0.39, 0.29) is 0 Å². The van der Waals surface area contributed by atoms with E-state index in [0.717, 1.165) is 19.0 Å². The summed E-state index contributed by atoms with van der Waals surface area (Å²) in [7, 11) is 0. The molecule has 2 heteroatoms. The highest BCUT2D eigenvalue weighted by Crippen LogP contribution is 2.48. The molecule has 2 nitrogen and oxygen atoms in total. The first-order valence-electron chi connectivity index (χ1n) is 7.54. The second-order valence-corrected chi connectivity index (χ2v) is 6.84. The standard InChI is InChI=1S/C15H30N2/c1-3-14(8-9-14)11-17-12-15(10-16)6-4-13(2)5-7-15/h13,17H,3-12,16H2,1-2H3.